The third-order valence-corrected chi connectivity index (χ3v) is 10.7. The molecular formula is C36H47N7O4. The number of rotatable bonds is 6. The number of carbonyl (C=O) groups excluding carboxylic acids is 3. The van der Waals surface area contributed by atoms with Crippen LogP contribution < -0.4 is 5.32 Å². The summed E-state index contributed by atoms with van der Waals surface area (Å²) in [5.74, 6) is -0.125. The lowest BCUT2D eigenvalue weighted by molar-refractivity contribution is -0.143. The smallest absolute Gasteiger partial charge is 0.410 e. The SMILES string of the molecule is Cc1cc(C[C@@H](OC(=O)N2CCC(N3CCc4ccccc4NC3=O)CC2)C(=O)N2CCN(C3CCCCC3)CC2)cc2[nH]cnc12. The van der Waals surface area contributed by atoms with Crippen LogP contribution in [-0.4, -0.2) is 112 Å². The average Bonchev–Trinajstić information content (AvgIpc) is 3.52. The van der Waals surface area contributed by atoms with E-state index in [4.69, 9.17) is 4.74 Å². The van der Waals surface area contributed by atoms with Gasteiger partial charge in [0.1, 0.15) is 0 Å². The summed E-state index contributed by atoms with van der Waals surface area (Å²) >= 11 is 0. The second kappa shape index (κ2) is 13.9. The Morgan fingerprint density at radius 1 is 0.915 bits per heavy atom. The predicted octanol–water partition coefficient (Wildman–Crippen LogP) is 4.95. The molecule has 47 heavy (non-hydrogen) atoms. The van der Waals surface area contributed by atoms with Crippen LogP contribution in [0.1, 0.15) is 61.6 Å². The number of aromatic amines is 1. The predicted molar refractivity (Wildman–Crippen MR) is 180 cm³/mol. The topological polar surface area (TPSA) is 114 Å². The zero-order valence-electron chi connectivity index (χ0n) is 27.5. The summed E-state index contributed by atoms with van der Waals surface area (Å²) in [5, 5.41) is 3.06. The Bertz CT molecular complexity index is 1580. The highest BCUT2D eigenvalue weighted by atomic mass is 16.6. The molecule has 0 bridgehead atoms. The van der Waals surface area contributed by atoms with Gasteiger partial charge in [-0.25, -0.2) is 14.6 Å². The monoisotopic (exact) mass is 641 g/mol. The molecule has 0 unspecified atom stereocenters. The number of imidazole rings is 1. The van der Waals surface area contributed by atoms with Crippen LogP contribution in [0.25, 0.3) is 11.0 Å². The number of amides is 4. The molecule has 11 heteroatoms. The number of benzene rings is 2. The fourth-order valence-electron chi connectivity index (χ4n) is 8.07. The van der Waals surface area contributed by atoms with Gasteiger partial charge in [0.05, 0.1) is 17.4 Å². The second-order valence-electron chi connectivity index (χ2n) is 13.7. The molecule has 2 aromatic carbocycles. The highest BCUT2D eigenvalue weighted by molar-refractivity contribution is 5.91. The Labute approximate surface area is 276 Å². The quantitative estimate of drug-likeness (QED) is 0.394. The molecule has 11 nitrogen and oxygen atoms in total. The van der Waals surface area contributed by atoms with Crippen molar-refractivity contribution in [3.05, 3.63) is 59.4 Å². The Morgan fingerprint density at radius 2 is 1.68 bits per heavy atom. The molecule has 1 atom stereocenters. The van der Waals surface area contributed by atoms with Crippen LogP contribution in [0.15, 0.2) is 42.7 Å². The van der Waals surface area contributed by atoms with Crippen molar-refractivity contribution in [2.45, 2.75) is 82.9 Å². The number of hydrogen-bond donors (Lipinski definition) is 2. The fraction of sp³-hybridized carbons (Fsp3) is 0.556. The van der Waals surface area contributed by atoms with Crippen molar-refractivity contribution in [3.8, 4) is 0 Å². The molecule has 4 aliphatic rings. The number of H-pyrrole nitrogens is 1. The molecule has 3 aromatic rings. The minimum absolute atomic E-state index is 0.0374. The number of carbonyl (C=O) groups is 3. The maximum Gasteiger partial charge on any atom is 0.410 e. The van der Waals surface area contributed by atoms with Gasteiger partial charge in [0, 0.05) is 70.0 Å². The van der Waals surface area contributed by atoms with E-state index in [1.54, 1.807) is 11.2 Å². The summed E-state index contributed by atoms with van der Waals surface area (Å²) in [4.78, 5) is 56.4. The Morgan fingerprint density at radius 3 is 2.47 bits per heavy atom. The van der Waals surface area contributed by atoms with Gasteiger partial charge in [-0.3, -0.25) is 9.69 Å². The zero-order chi connectivity index (χ0) is 32.3. The van der Waals surface area contributed by atoms with Gasteiger partial charge in [0.15, 0.2) is 6.10 Å². The Kier molecular flexibility index (Phi) is 9.33. The van der Waals surface area contributed by atoms with Gasteiger partial charge >= 0.3 is 12.1 Å². The molecule has 0 spiro atoms. The number of piperazine rings is 1. The van der Waals surface area contributed by atoms with E-state index in [9.17, 15) is 14.4 Å². The number of urea groups is 1. The second-order valence-corrected chi connectivity index (χ2v) is 13.7. The van der Waals surface area contributed by atoms with Gasteiger partial charge < -0.3 is 29.7 Å². The first-order chi connectivity index (χ1) is 22.9. The summed E-state index contributed by atoms with van der Waals surface area (Å²) in [6.07, 6.45) is 9.11. The van der Waals surface area contributed by atoms with Crippen molar-refractivity contribution < 1.29 is 19.1 Å². The molecule has 1 saturated carbocycles. The molecule has 0 radical (unpaired) electrons. The molecular weight excluding hydrogens is 594 g/mol. The summed E-state index contributed by atoms with van der Waals surface area (Å²) < 4.78 is 6.11. The first kappa shape index (κ1) is 31.5. The average molecular weight is 642 g/mol. The number of likely N-dealkylation sites (tertiary alicyclic amines) is 1. The number of aryl methyl sites for hydroxylation is 1. The van der Waals surface area contributed by atoms with E-state index in [2.05, 4.69) is 26.3 Å². The van der Waals surface area contributed by atoms with Crippen molar-refractivity contribution in [2.24, 2.45) is 0 Å². The van der Waals surface area contributed by atoms with Crippen molar-refractivity contribution in [3.63, 3.8) is 0 Å². The third kappa shape index (κ3) is 6.95. The van der Waals surface area contributed by atoms with E-state index in [0.717, 1.165) is 52.9 Å². The first-order valence-corrected chi connectivity index (χ1v) is 17.5. The van der Waals surface area contributed by atoms with Crippen LogP contribution in [-0.2, 0) is 22.4 Å². The molecule has 2 N–H and O–H groups in total. The van der Waals surface area contributed by atoms with Gasteiger partial charge in [-0.1, -0.05) is 43.5 Å². The Balaban J connectivity index is 1.00. The molecule has 250 valence electrons. The minimum Gasteiger partial charge on any atom is -0.436 e. The highest BCUT2D eigenvalue weighted by Gasteiger charge is 2.36. The third-order valence-electron chi connectivity index (χ3n) is 10.7. The van der Waals surface area contributed by atoms with Gasteiger partial charge in [0.2, 0.25) is 0 Å². The Hall–Kier alpha value is -4.12. The van der Waals surface area contributed by atoms with Crippen LogP contribution in [0.5, 0.6) is 0 Å². The lowest BCUT2D eigenvalue weighted by Gasteiger charge is -2.41. The van der Waals surface area contributed by atoms with Crippen LogP contribution in [0.4, 0.5) is 15.3 Å². The number of hydrogen-bond acceptors (Lipinski definition) is 6. The number of piperidine rings is 1. The number of fused-ring (bicyclic) bond motifs is 2. The summed E-state index contributed by atoms with van der Waals surface area (Å²) in [6, 6.07) is 12.5. The lowest BCUT2D eigenvalue weighted by atomic mass is 9.94. The number of nitrogens with one attached hydrogen (secondary N) is 2. The van der Waals surface area contributed by atoms with E-state index >= 15 is 0 Å². The van der Waals surface area contributed by atoms with Crippen LogP contribution in [0.2, 0.25) is 0 Å². The molecule has 4 heterocycles. The number of nitrogens with zero attached hydrogens (tertiary/aromatic N) is 5. The fourth-order valence-corrected chi connectivity index (χ4v) is 8.07. The number of ether oxygens (including phenoxy) is 1. The largest absolute Gasteiger partial charge is 0.436 e. The van der Waals surface area contributed by atoms with Gasteiger partial charge in [0.25, 0.3) is 5.91 Å². The molecule has 1 aliphatic carbocycles. The van der Waals surface area contributed by atoms with Crippen LogP contribution >= 0.6 is 0 Å². The standard InChI is InChI=1S/C36H47N7O4/c1-25-21-26(22-31-33(25)38-24-37-31)23-32(34(44)41-19-17-40(18-20-41)28-8-3-2-4-9-28)47-36(46)42-14-12-29(13-15-42)43-16-11-27-7-5-6-10-30(27)39-35(43)45/h5-7,10,21-22,24,28-29,32H,2-4,8-9,11-20,23H2,1H3,(H,37,38)(H,39,45)/t32-/m1/s1. The maximum atomic E-state index is 14.1. The lowest BCUT2D eigenvalue weighted by Crippen LogP contribution is -2.55. The summed E-state index contributed by atoms with van der Waals surface area (Å²) in [7, 11) is 0. The van der Waals surface area contributed by atoms with Crippen molar-refractivity contribution in [2.75, 3.05) is 51.1 Å². The van der Waals surface area contributed by atoms with Crippen molar-refractivity contribution in [1.82, 2.24) is 29.6 Å². The molecule has 3 aliphatic heterocycles. The first-order valence-electron chi connectivity index (χ1n) is 17.5. The van der Waals surface area contributed by atoms with Crippen molar-refractivity contribution >= 4 is 34.8 Å². The molecule has 2 saturated heterocycles. The van der Waals surface area contributed by atoms with E-state index in [1.807, 2.05) is 47.1 Å². The van der Waals surface area contributed by atoms with E-state index in [0.29, 0.717) is 58.0 Å². The van der Waals surface area contributed by atoms with Gasteiger partial charge in [-0.2, -0.15) is 0 Å². The van der Waals surface area contributed by atoms with Crippen molar-refractivity contribution in [1.29, 1.82) is 0 Å². The zero-order valence-corrected chi connectivity index (χ0v) is 27.5. The molecule has 4 amide bonds. The van der Waals surface area contributed by atoms with E-state index in [1.165, 1.54) is 32.1 Å². The normalized spacial score (nSPS) is 20.9. The van der Waals surface area contributed by atoms with E-state index in [-0.39, 0.29) is 18.0 Å². The highest BCUT2D eigenvalue weighted by Crippen LogP contribution is 2.27. The number of para-hydroxylation sites is 1. The molecule has 7 rings (SSSR count). The van der Waals surface area contributed by atoms with Crippen LogP contribution in [0.3, 0.4) is 0 Å². The summed E-state index contributed by atoms with van der Waals surface area (Å²) in [6.45, 7) is 6.61. The van der Waals surface area contributed by atoms with Gasteiger partial charge in [-0.15, -0.1) is 0 Å². The maximum absolute atomic E-state index is 14.1. The van der Waals surface area contributed by atoms with Crippen LogP contribution in [0, 0.1) is 6.92 Å². The van der Waals surface area contributed by atoms with E-state index < -0.39 is 12.2 Å². The molecule has 1 aromatic heterocycles. The number of anilines is 1. The minimum atomic E-state index is -0.920. The molecule has 3 fully saturated rings. The van der Waals surface area contributed by atoms with Gasteiger partial charge in [-0.05, 0) is 67.9 Å². The summed E-state index contributed by atoms with van der Waals surface area (Å²) in [5.41, 5.74) is 5.75. The number of aromatic nitrogens is 2.